The standard InChI is InChI=1S/C28H29ClN4O3S2/c1-3-31(4-2)18-19-32(28-30-26-23(29)9-7-11-25(26)37-28)27(34)21-12-14-22(15-13-21)38(35,36)33-17-16-20-8-5-6-10-24(20)33/h5-15H,3-4,16-19H2,1-2H3. The summed E-state index contributed by atoms with van der Waals surface area (Å²) in [5.74, 6) is -0.234. The number of aromatic nitrogens is 1. The van der Waals surface area contributed by atoms with Crippen molar-refractivity contribution < 1.29 is 13.2 Å². The molecule has 198 valence electrons. The van der Waals surface area contributed by atoms with Crippen molar-refractivity contribution in [3.63, 3.8) is 0 Å². The Morgan fingerprint density at radius 3 is 2.45 bits per heavy atom. The van der Waals surface area contributed by atoms with Crippen LogP contribution < -0.4 is 9.21 Å². The van der Waals surface area contributed by atoms with Crippen molar-refractivity contribution in [1.82, 2.24) is 9.88 Å². The Morgan fingerprint density at radius 1 is 1.00 bits per heavy atom. The fraction of sp³-hybridized carbons (Fsp3) is 0.286. The van der Waals surface area contributed by atoms with Gasteiger partial charge in [0.25, 0.3) is 15.9 Å². The maximum atomic E-state index is 13.8. The van der Waals surface area contributed by atoms with Gasteiger partial charge in [0.05, 0.1) is 20.3 Å². The molecule has 0 unspecified atom stereocenters. The summed E-state index contributed by atoms with van der Waals surface area (Å²) in [6, 6.07) is 19.3. The third-order valence-electron chi connectivity index (χ3n) is 6.90. The molecule has 1 aliphatic rings. The summed E-state index contributed by atoms with van der Waals surface area (Å²) in [5, 5.41) is 1.11. The lowest BCUT2D eigenvalue weighted by Gasteiger charge is -2.25. The van der Waals surface area contributed by atoms with Crippen LogP contribution in [0.3, 0.4) is 0 Å². The van der Waals surface area contributed by atoms with Crippen LogP contribution in [0.5, 0.6) is 0 Å². The van der Waals surface area contributed by atoms with E-state index in [4.69, 9.17) is 11.6 Å². The van der Waals surface area contributed by atoms with Gasteiger partial charge in [-0.1, -0.05) is 61.1 Å². The Kier molecular flexibility index (Phi) is 7.72. The highest BCUT2D eigenvalue weighted by atomic mass is 35.5. The number of anilines is 2. The minimum absolute atomic E-state index is 0.159. The lowest BCUT2D eigenvalue weighted by atomic mass is 10.2. The van der Waals surface area contributed by atoms with Crippen LogP contribution in [0.2, 0.25) is 5.02 Å². The van der Waals surface area contributed by atoms with Crippen molar-refractivity contribution >= 4 is 59.9 Å². The zero-order valence-corrected chi connectivity index (χ0v) is 23.7. The summed E-state index contributed by atoms with van der Waals surface area (Å²) >= 11 is 7.78. The summed E-state index contributed by atoms with van der Waals surface area (Å²) in [6.07, 6.45) is 0.680. The minimum Gasteiger partial charge on any atom is -0.302 e. The molecule has 3 aromatic carbocycles. The van der Waals surface area contributed by atoms with Crippen molar-refractivity contribution in [1.29, 1.82) is 0 Å². The summed E-state index contributed by atoms with van der Waals surface area (Å²) in [4.78, 5) is 22.5. The van der Waals surface area contributed by atoms with Gasteiger partial charge in [0.1, 0.15) is 5.52 Å². The van der Waals surface area contributed by atoms with E-state index in [9.17, 15) is 13.2 Å². The van der Waals surface area contributed by atoms with E-state index in [0.29, 0.717) is 53.0 Å². The first-order chi connectivity index (χ1) is 18.3. The van der Waals surface area contributed by atoms with Crippen molar-refractivity contribution in [2.75, 3.05) is 41.9 Å². The lowest BCUT2D eigenvalue weighted by Crippen LogP contribution is -2.39. The molecule has 0 radical (unpaired) electrons. The molecule has 0 bridgehead atoms. The SMILES string of the molecule is CCN(CC)CCN(C(=O)c1ccc(S(=O)(=O)N2CCc3ccccc32)cc1)c1nc2c(Cl)cccc2s1. The third-order valence-corrected chi connectivity index (χ3v) is 10.1. The summed E-state index contributed by atoms with van der Waals surface area (Å²) < 4.78 is 29.2. The average Bonchev–Trinajstić information content (AvgIpc) is 3.57. The molecule has 1 amide bonds. The molecule has 0 spiro atoms. The second-order valence-corrected chi connectivity index (χ2v) is 12.3. The van der Waals surface area contributed by atoms with E-state index in [2.05, 4.69) is 23.7 Å². The van der Waals surface area contributed by atoms with E-state index in [1.807, 2.05) is 36.4 Å². The number of thiazole rings is 1. The Morgan fingerprint density at radius 2 is 1.74 bits per heavy atom. The normalized spacial score (nSPS) is 13.3. The second-order valence-electron chi connectivity index (χ2n) is 9.05. The number of hydrogen-bond acceptors (Lipinski definition) is 6. The quantitative estimate of drug-likeness (QED) is 0.259. The van der Waals surface area contributed by atoms with Gasteiger partial charge in [-0.3, -0.25) is 14.0 Å². The smallest absolute Gasteiger partial charge is 0.264 e. The van der Waals surface area contributed by atoms with Gasteiger partial charge in [-0.2, -0.15) is 0 Å². The molecule has 0 saturated carbocycles. The number of amides is 1. The van der Waals surface area contributed by atoms with Gasteiger partial charge in [-0.25, -0.2) is 13.4 Å². The number of fused-ring (bicyclic) bond motifs is 2. The molecule has 1 aliphatic heterocycles. The number of sulfonamides is 1. The number of hydrogen-bond donors (Lipinski definition) is 0. The number of nitrogens with zero attached hydrogens (tertiary/aromatic N) is 4. The molecule has 0 N–H and O–H groups in total. The van der Waals surface area contributed by atoms with E-state index in [1.165, 1.54) is 27.8 Å². The Hall–Kier alpha value is -2.98. The summed E-state index contributed by atoms with van der Waals surface area (Å²) in [5.41, 5.74) is 2.80. The molecular formula is C28H29ClN4O3S2. The minimum atomic E-state index is -3.74. The highest BCUT2D eigenvalue weighted by molar-refractivity contribution is 7.92. The number of carbonyl (C=O) groups excluding carboxylic acids is 1. The number of para-hydroxylation sites is 2. The number of likely N-dealkylation sites (N-methyl/N-ethyl adjacent to an activating group) is 1. The van der Waals surface area contributed by atoms with E-state index in [0.717, 1.165) is 23.4 Å². The topological polar surface area (TPSA) is 73.8 Å². The Labute approximate surface area is 232 Å². The molecule has 1 aromatic heterocycles. The van der Waals surface area contributed by atoms with Crippen LogP contribution >= 0.6 is 22.9 Å². The molecule has 4 aromatic rings. The first kappa shape index (κ1) is 26.6. The number of halogens is 1. The van der Waals surface area contributed by atoms with Crippen molar-refractivity contribution in [3.05, 3.63) is 82.9 Å². The molecule has 2 heterocycles. The monoisotopic (exact) mass is 568 g/mol. The van der Waals surface area contributed by atoms with Crippen LogP contribution in [0.1, 0.15) is 29.8 Å². The van der Waals surface area contributed by atoms with Gasteiger partial charge >= 0.3 is 0 Å². The Bertz CT molecular complexity index is 1570. The number of carbonyl (C=O) groups is 1. The molecule has 7 nitrogen and oxygen atoms in total. The van der Waals surface area contributed by atoms with Crippen LogP contribution in [-0.4, -0.2) is 56.9 Å². The zero-order chi connectivity index (χ0) is 26.9. The number of benzene rings is 3. The molecule has 0 fully saturated rings. The fourth-order valence-corrected chi connectivity index (χ4v) is 7.49. The van der Waals surface area contributed by atoms with Gasteiger partial charge < -0.3 is 4.90 Å². The molecule has 10 heteroatoms. The highest BCUT2D eigenvalue weighted by Gasteiger charge is 2.31. The van der Waals surface area contributed by atoms with E-state index in [1.54, 1.807) is 23.1 Å². The first-order valence-electron chi connectivity index (χ1n) is 12.6. The van der Waals surface area contributed by atoms with Crippen LogP contribution in [-0.2, 0) is 16.4 Å². The average molecular weight is 569 g/mol. The van der Waals surface area contributed by atoms with Crippen LogP contribution in [0.15, 0.2) is 71.6 Å². The zero-order valence-electron chi connectivity index (χ0n) is 21.3. The number of rotatable bonds is 9. The predicted octanol–water partition coefficient (Wildman–Crippen LogP) is 5.69. The van der Waals surface area contributed by atoms with Gasteiger partial charge in [-0.05, 0) is 67.5 Å². The largest absolute Gasteiger partial charge is 0.302 e. The second kappa shape index (κ2) is 11.0. The third kappa shape index (κ3) is 5.03. The summed E-state index contributed by atoms with van der Waals surface area (Å²) in [7, 11) is -3.74. The van der Waals surface area contributed by atoms with Gasteiger partial charge in [-0.15, -0.1) is 0 Å². The molecule has 38 heavy (non-hydrogen) atoms. The van der Waals surface area contributed by atoms with Gasteiger partial charge in [0.15, 0.2) is 5.13 Å². The molecule has 0 saturated heterocycles. The van der Waals surface area contributed by atoms with Gasteiger partial charge in [0.2, 0.25) is 0 Å². The van der Waals surface area contributed by atoms with Crippen molar-refractivity contribution in [2.45, 2.75) is 25.2 Å². The van der Waals surface area contributed by atoms with Crippen LogP contribution in [0.4, 0.5) is 10.8 Å². The van der Waals surface area contributed by atoms with Crippen molar-refractivity contribution in [2.24, 2.45) is 0 Å². The molecule has 0 aliphatic carbocycles. The van der Waals surface area contributed by atoms with Crippen LogP contribution in [0.25, 0.3) is 10.2 Å². The molecule has 0 atom stereocenters. The van der Waals surface area contributed by atoms with E-state index >= 15 is 0 Å². The Balaban J connectivity index is 1.44. The highest BCUT2D eigenvalue weighted by Crippen LogP contribution is 2.35. The van der Waals surface area contributed by atoms with E-state index < -0.39 is 10.0 Å². The first-order valence-corrected chi connectivity index (χ1v) is 15.3. The van der Waals surface area contributed by atoms with Crippen LogP contribution in [0, 0.1) is 0 Å². The maximum absolute atomic E-state index is 13.8. The fourth-order valence-electron chi connectivity index (χ4n) is 4.69. The maximum Gasteiger partial charge on any atom is 0.264 e. The molecule has 5 rings (SSSR count). The lowest BCUT2D eigenvalue weighted by molar-refractivity contribution is 0.0983. The predicted molar refractivity (Wildman–Crippen MR) is 155 cm³/mol. The van der Waals surface area contributed by atoms with Gasteiger partial charge in [0, 0.05) is 25.2 Å². The molecular weight excluding hydrogens is 540 g/mol. The summed E-state index contributed by atoms with van der Waals surface area (Å²) in [6.45, 7) is 7.45. The van der Waals surface area contributed by atoms with Crippen molar-refractivity contribution in [3.8, 4) is 0 Å². The van der Waals surface area contributed by atoms with E-state index in [-0.39, 0.29) is 10.8 Å².